The molecule has 2 aromatic rings. The van der Waals surface area contributed by atoms with Gasteiger partial charge in [0.1, 0.15) is 11.6 Å². The molecule has 3 atom stereocenters. The van der Waals surface area contributed by atoms with Crippen molar-refractivity contribution in [2.75, 3.05) is 0 Å². The molecule has 1 aliphatic carbocycles. The van der Waals surface area contributed by atoms with E-state index in [1.807, 2.05) is 38.1 Å². The van der Waals surface area contributed by atoms with Crippen molar-refractivity contribution < 1.29 is 19.2 Å². The van der Waals surface area contributed by atoms with Gasteiger partial charge < -0.3 is 0 Å². The maximum absolute atomic E-state index is 13.4. The van der Waals surface area contributed by atoms with Crippen LogP contribution in [0.1, 0.15) is 139 Å². The summed E-state index contributed by atoms with van der Waals surface area (Å²) in [6.45, 7) is 17.7. The van der Waals surface area contributed by atoms with Crippen molar-refractivity contribution in [1.82, 2.24) is 0 Å². The molecule has 0 N–H and O–H groups in total. The molecule has 0 radical (unpaired) electrons. The van der Waals surface area contributed by atoms with Crippen LogP contribution in [0.15, 0.2) is 36.4 Å². The van der Waals surface area contributed by atoms with Crippen LogP contribution < -0.4 is 0 Å². The summed E-state index contributed by atoms with van der Waals surface area (Å²) in [6.07, 6.45) is 7.31. The highest BCUT2D eigenvalue weighted by atomic mass is 16.1. The fourth-order valence-electron chi connectivity index (χ4n) is 5.94. The van der Waals surface area contributed by atoms with Crippen molar-refractivity contribution in [2.45, 2.75) is 120 Å². The lowest BCUT2D eigenvalue weighted by Gasteiger charge is -2.32. The number of ketones is 4. The maximum Gasteiger partial charge on any atom is 0.163 e. The van der Waals surface area contributed by atoms with E-state index in [9.17, 15) is 19.2 Å². The Morgan fingerprint density at radius 1 is 0.902 bits per heavy atom. The summed E-state index contributed by atoms with van der Waals surface area (Å²) in [5, 5.41) is 0. The summed E-state index contributed by atoms with van der Waals surface area (Å²) in [5.74, 6) is 0.447. The molecule has 1 aliphatic rings. The molecule has 0 saturated heterocycles. The van der Waals surface area contributed by atoms with Crippen LogP contribution in [0, 0.1) is 24.7 Å². The minimum atomic E-state index is -0.118. The molecule has 0 saturated carbocycles. The van der Waals surface area contributed by atoms with Crippen LogP contribution in [0.4, 0.5) is 0 Å². The van der Waals surface area contributed by atoms with Crippen molar-refractivity contribution in [3.63, 3.8) is 0 Å². The standard InChI is InChI=1S/C31H38O4.2C3H8/c1-6-9-24(27(7-2)29(34)14-19(3)32)15-22-16-26-12-13-28(20(4)31(26)30(35)17-22)25-11-8-10-23(18-25)21(5)33;2*1-3-2/h8,10-13,18,22,24,27H,6-7,9,14-17H2,1-5H3;2*3H2,1-2H3. The van der Waals surface area contributed by atoms with Gasteiger partial charge in [0, 0.05) is 23.5 Å². The maximum atomic E-state index is 13.4. The molecule has 4 heteroatoms. The van der Waals surface area contributed by atoms with Crippen LogP contribution in [-0.2, 0) is 16.0 Å². The summed E-state index contributed by atoms with van der Waals surface area (Å²) in [6, 6.07) is 11.7. The van der Waals surface area contributed by atoms with Crippen LogP contribution >= 0.6 is 0 Å². The molecule has 0 heterocycles. The second-order valence-electron chi connectivity index (χ2n) is 11.7. The van der Waals surface area contributed by atoms with Gasteiger partial charge in [-0.05, 0) is 80.2 Å². The fourth-order valence-corrected chi connectivity index (χ4v) is 5.94. The highest BCUT2D eigenvalue weighted by molar-refractivity contribution is 6.02. The Labute approximate surface area is 249 Å². The third kappa shape index (κ3) is 10.8. The summed E-state index contributed by atoms with van der Waals surface area (Å²) >= 11 is 0. The van der Waals surface area contributed by atoms with E-state index in [4.69, 9.17) is 0 Å². The number of hydrogen-bond acceptors (Lipinski definition) is 4. The molecule has 0 spiro atoms. The molecule has 41 heavy (non-hydrogen) atoms. The number of carbonyl (C=O) groups excluding carboxylic acids is 4. The van der Waals surface area contributed by atoms with Crippen molar-refractivity contribution in [2.24, 2.45) is 17.8 Å². The molecule has 0 bridgehead atoms. The average Bonchev–Trinajstić information content (AvgIpc) is 2.89. The lowest BCUT2D eigenvalue weighted by molar-refractivity contribution is -0.129. The zero-order chi connectivity index (χ0) is 31.1. The van der Waals surface area contributed by atoms with Gasteiger partial charge in [0.2, 0.25) is 0 Å². The van der Waals surface area contributed by atoms with E-state index in [-0.39, 0.29) is 47.3 Å². The normalized spacial score (nSPS) is 15.3. The Balaban J connectivity index is 0.00000129. The predicted molar refractivity (Wildman–Crippen MR) is 172 cm³/mol. The van der Waals surface area contributed by atoms with Gasteiger partial charge in [0.05, 0.1) is 6.42 Å². The highest BCUT2D eigenvalue weighted by Crippen LogP contribution is 2.38. The zero-order valence-corrected chi connectivity index (χ0v) is 27.2. The summed E-state index contributed by atoms with van der Waals surface area (Å²) in [5.41, 5.74) is 5.47. The van der Waals surface area contributed by atoms with Gasteiger partial charge in [-0.15, -0.1) is 0 Å². The second kappa shape index (κ2) is 18.5. The van der Waals surface area contributed by atoms with Crippen LogP contribution in [0.2, 0.25) is 0 Å². The number of carbonyl (C=O) groups is 4. The Morgan fingerprint density at radius 2 is 1.54 bits per heavy atom. The molecule has 3 unspecified atom stereocenters. The largest absolute Gasteiger partial charge is 0.300 e. The highest BCUT2D eigenvalue weighted by Gasteiger charge is 2.33. The summed E-state index contributed by atoms with van der Waals surface area (Å²) in [7, 11) is 0. The first-order valence-electron chi connectivity index (χ1n) is 15.8. The van der Waals surface area contributed by atoms with E-state index < -0.39 is 0 Å². The quantitative estimate of drug-likeness (QED) is 0.202. The van der Waals surface area contributed by atoms with E-state index >= 15 is 0 Å². The zero-order valence-electron chi connectivity index (χ0n) is 27.2. The second-order valence-corrected chi connectivity index (χ2v) is 11.7. The van der Waals surface area contributed by atoms with E-state index in [1.165, 1.54) is 19.8 Å². The van der Waals surface area contributed by atoms with Gasteiger partial charge in [-0.25, -0.2) is 0 Å². The van der Waals surface area contributed by atoms with Crippen LogP contribution in [0.3, 0.4) is 0 Å². The molecule has 226 valence electrons. The van der Waals surface area contributed by atoms with E-state index in [0.29, 0.717) is 12.0 Å². The van der Waals surface area contributed by atoms with Crippen molar-refractivity contribution >= 4 is 23.1 Å². The van der Waals surface area contributed by atoms with Crippen LogP contribution in [-0.4, -0.2) is 23.1 Å². The third-order valence-electron chi connectivity index (χ3n) is 7.53. The fraction of sp³-hybridized carbons (Fsp3) is 0.568. The van der Waals surface area contributed by atoms with Gasteiger partial charge in [-0.1, -0.05) is 97.6 Å². The Hall–Kier alpha value is -2.88. The smallest absolute Gasteiger partial charge is 0.163 e. The number of rotatable bonds is 11. The molecule has 0 aliphatic heterocycles. The van der Waals surface area contributed by atoms with Crippen molar-refractivity contribution in [3.05, 3.63) is 58.7 Å². The lowest BCUT2D eigenvalue weighted by Crippen LogP contribution is -2.29. The topological polar surface area (TPSA) is 68.3 Å². The summed E-state index contributed by atoms with van der Waals surface area (Å²) in [4.78, 5) is 49.5. The molecular formula is C37H54O4. The molecule has 4 nitrogen and oxygen atoms in total. The Kier molecular flexibility index (Phi) is 16.3. The van der Waals surface area contributed by atoms with Crippen molar-refractivity contribution in [1.29, 1.82) is 0 Å². The molecule has 3 rings (SSSR count). The average molecular weight is 563 g/mol. The lowest BCUT2D eigenvalue weighted by atomic mass is 9.71. The number of Topliss-reactive ketones (excluding diaryl/α,β-unsaturated/α-hetero) is 4. The monoisotopic (exact) mass is 562 g/mol. The predicted octanol–water partition coefficient (Wildman–Crippen LogP) is 9.82. The molecule has 0 fully saturated rings. The first kappa shape index (κ1) is 36.1. The summed E-state index contributed by atoms with van der Waals surface area (Å²) < 4.78 is 0. The Bertz CT molecular complexity index is 1160. The van der Waals surface area contributed by atoms with Crippen LogP contribution in [0.5, 0.6) is 0 Å². The first-order valence-corrected chi connectivity index (χ1v) is 15.8. The molecule has 0 amide bonds. The molecular weight excluding hydrogens is 508 g/mol. The minimum absolute atomic E-state index is 0.0119. The minimum Gasteiger partial charge on any atom is -0.300 e. The van der Waals surface area contributed by atoms with Gasteiger partial charge in [-0.3, -0.25) is 19.2 Å². The van der Waals surface area contributed by atoms with Crippen LogP contribution in [0.25, 0.3) is 11.1 Å². The van der Waals surface area contributed by atoms with Gasteiger partial charge in [0.25, 0.3) is 0 Å². The first-order chi connectivity index (χ1) is 19.5. The molecule has 2 aromatic carbocycles. The SMILES string of the molecule is CCC.CCC.CCCC(CC1CC(=O)c2c(ccc(-c3cccc(C(C)=O)c3)c2C)C1)C(CC)C(=O)CC(C)=O. The van der Waals surface area contributed by atoms with E-state index in [2.05, 4.69) is 46.8 Å². The number of benzene rings is 2. The van der Waals surface area contributed by atoms with Gasteiger partial charge in [0.15, 0.2) is 11.6 Å². The van der Waals surface area contributed by atoms with Gasteiger partial charge >= 0.3 is 0 Å². The number of hydrogen-bond donors (Lipinski definition) is 0. The Morgan fingerprint density at radius 3 is 2.07 bits per heavy atom. The van der Waals surface area contributed by atoms with Gasteiger partial charge in [-0.2, -0.15) is 0 Å². The third-order valence-corrected chi connectivity index (χ3v) is 7.53. The van der Waals surface area contributed by atoms with Crippen molar-refractivity contribution in [3.8, 4) is 11.1 Å². The number of fused-ring (bicyclic) bond motifs is 1. The van der Waals surface area contributed by atoms with E-state index in [0.717, 1.165) is 59.9 Å². The van der Waals surface area contributed by atoms with E-state index in [1.54, 1.807) is 6.92 Å². The molecule has 0 aromatic heterocycles.